The van der Waals surface area contributed by atoms with Crippen molar-refractivity contribution in [3.63, 3.8) is 0 Å². The molecule has 2 aliphatic rings. The van der Waals surface area contributed by atoms with Gasteiger partial charge in [-0.1, -0.05) is 153 Å². The minimum atomic E-state index is -0.240. The number of fused-ring (bicyclic) bond motifs is 11. The summed E-state index contributed by atoms with van der Waals surface area (Å²) in [4.78, 5) is 15.7. The van der Waals surface area contributed by atoms with Gasteiger partial charge >= 0.3 is 0 Å². The summed E-state index contributed by atoms with van der Waals surface area (Å²) in [5.41, 5.74) is 14.0. The smallest absolute Gasteiger partial charge is 0.0972 e. The third-order valence-corrected chi connectivity index (χ3v) is 10.5. The van der Waals surface area contributed by atoms with E-state index < -0.39 is 0 Å². The molecule has 0 amide bonds. The number of para-hydroxylation sites is 1. The average Bonchev–Trinajstić information content (AvgIpc) is 3.17. The lowest BCUT2D eigenvalue weighted by molar-refractivity contribution is 0.519. The van der Waals surface area contributed by atoms with Crippen molar-refractivity contribution < 1.29 is 0 Å². The quantitative estimate of drug-likeness (QED) is 0.183. The number of benzene rings is 5. The number of hydrogen-bond donors (Lipinski definition) is 0. The van der Waals surface area contributed by atoms with E-state index in [9.17, 15) is 0 Å². The van der Waals surface area contributed by atoms with Crippen molar-refractivity contribution in [1.29, 1.82) is 0 Å². The van der Waals surface area contributed by atoms with Crippen molar-refractivity contribution in [3.05, 3.63) is 175 Å². The fourth-order valence-electron chi connectivity index (χ4n) is 8.12. The topological polar surface area (TPSA) is 38.7 Å². The van der Waals surface area contributed by atoms with Crippen LogP contribution < -0.4 is 0 Å². The van der Waals surface area contributed by atoms with Gasteiger partial charge < -0.3 is 0 Å². The van der Waals surface area contributed by atoms with Crippen molar-refractivity contribution >= 4 is 32.7 Å². The maximum Gasteiger partial charge on any atom is 0.0972 e. The lowest BCUT2D eigenvalue weighted by Gasteiger charge is -2.43. The summed E-state index contributed by atoms with van der Waals surface area (Å²) in [5, 5.41) is 3.36. The normalized spacial score (nSPS) is 17.6. The minimum absolute atomic E-state index is 0.231. The molecule has 3 heterocycles. The van der Waals surface area contributed by atoms with Gasteiger partial charge in [0.05, 0.1) is 33.6 Å². The summed E-state index contributed by atoms with van der Waals surface area (Å²) in [6, 6.07) is 49.4. The highest BCUT2D eigenvalue weighted by Crippen LogP contribution is 2.57. The first-order valence-electron chi connectivity index (χ1n) is 16.9. The van der Waals surface area contributed by atoms with Crippen LogP contribution in [0.3, 0.4) is 0 Å². The zero-order valence-corrected chi connectivity index (χ0v) is 27.0. The SMILES string of the molecule is CC12C=CC=CC1c1ccccc1-c1c2c(-c2ccc(-c3ccc4ccc5ccc(-c6ccccc6)nc5c4n3)cc2)nc2ccccc12. The molecule has 0 N–H and O–H groups in total. The number of aromatic nitrogens is 3. The van der Waals surface area contributed by atoms with E-state index in [1.807, 2.05) is 18.2 Å². The molecule has 2 unspecified atom stereocenters. The van der Waals surface area contributed by atoms with Gasteiger partial charge in [-0.2, -0.15) is 0 Å². The second-order valence-corrected chi connectivity index (χ2v) is 13.4. The fourth-order valence-corrected chi connectivity index (χ4v) is 8.12. The zero-order chi connectivity index (χ0) is 32.5. The van der Waals surface area contributed by atoms with Crippen LogP contribution in [0.25, 0.3) is 77.6 Å². The third kappa shape index (κ3) is 4.25. The van der Waals surface area contributed by atoms with Crippen LogP contribution in [0.4, 0.5) is 0 Å². The first kappa shape index (κ1) is 27.9. The molecule has 0 bridgehead atoms. The molecule has 10 rings (SSSR count). The van der Waals surface area contributed by atoms with E-state index in [4.69, 9.17) is 15.0 Å². The Morgan fingerprint density at radius 2 is 1.14 bits per heavy atom. The number of nitrogens with zero attached hydrogens (tertiary/aromatic N) is 3. The van der Waals surface area contributed by atoms with Gasteiger partial charge in [-0.25, -0.2) is 15.0 Å². The Morgan fingerprint density at radius 1 is 0.531 bits per heavy atom. The molecule has 5 aromatic carbocycles. The molecule has 2 aliphatic carbocycles. The molecule has 0 saturated carbocycles. The molecule has 0 radical (unpaired) electrons. The molecule has 0 spiro atoms. The largest absolute Gasteiger partial charge is 0.247 e. The van der Waals surface area contributed by atoms with Crippen LogP contribution in [0.5, 0.6) is 0 Å². The van der Waals surface area contributed by atoms with Crippen LogP contribution in [0, 0.1) is 0 Å². The Kier molecular flexibility index (Phi) is 6.07. The van der Waals surface area contributed by atoms with E-state index >= 15 is 0 Å². The summed E-state index contributed by atoms with van der Waals surface area (Å²) in [6.45, 7) is 2.38. The first-order valence-corrected chi connectivity index (χ1v) is 16.9. The van der Waals surface area contributed by atoms with Crippen molar-refractivity contribution in [2.75, 3.05) is 0 Å². The summed E-state index contributed by atoms with van der Waals surface area (Å²) in [5.74, 6) is 0.231. The Balaban J connectivity index is 1.13. The lowest BCUT2D eigenvalue weighted by atomic mass is 9.59. The predicted molar refractivity (Wildman–Crippen MR) is 202 cm³/mol. The van der Waals surface area contributed by atoms with Gasteiger partial charge in [0.15, 0.2) is 0 Å². The van der Waals surface area contributed by atoms with Crippen molar-refractivity contribution in [1.82, 2.24) is 15.0 Å². The lowest BCUT2D eigenvalue weighted by Crippen LogP contribution is -2.33. The van der Waals surface area contributed by atoms with E-state index in [1.54, 1.807) is 0 Å². The highest BCUT2D eigenvalue weighted by atomic mass is 14.8. The van der Waals surface area contributed by atoms with Crippen molar-refractivity contribution in [2.45, 2.75) is 18.3 Å². The van der Waals surface area contributed by atoms with Crippen LogP contribution >= 0.6 is 0 Å². The van der Waals surface area contributed by atoms with Gasteiger partial charge in [-0.05, 0) is 40.5 Å². The van der Waals surface area contributed by atoms with E-state index in [1.165, 1.54) is 27.6 Å². The minimum Gasteiger partial charge on any atom is -0.247 e. The Labute approximate surface area is 285 Å². The van der Waals surface area contributed by atoms with Gasteiger partial charge in [0.1, 0.15) is 0 Å². The average molecular weight is 626 g/mol. The number of pyridine rings is 3. The molecule has 0 saturated heterocycles. The maximum atomic E-state index is 5.40. The van der Waals surface area contributed by atoms with Crippen LogP contribution in [0.2, 0.25) is 0 Å². The molecular weight excluding hydrogens is 595 g/mol. The highest BCUT2D eigenvalue weighted by Gasteiger charge is 2.44. The Bertz CT molecular complexity index is 2670. The molecule has 0 aliphatic heterocycles. The van der Waals surface area contributed by atoms with Gasteiger partial charge in [-0.3, -0.25) is 0 Å². The van der Waals surface area contributed by atoms with E-state index in [0.717, 1.165) is 61.1 Å². The predicted octanol–water partition coefficient (Wildman–Crippen LogP) is 11.5. The fraction of sp³-hybridized carbons (Fsp3) is 0.0652. The molecular formula is C46H31N3. The summed E-state index contributed by atoms with van der Waals surface area (Å²) >= 11 is 0. The molecule has 0 fully saturated rings. The Morgan fingerprint density at radius 3 is 1.90 bits per heavy atom. The maximum absolute atomic E-state index is 5.40. The molecule has 49 heavy (non-hydrogen) atoms. The standard InChI is InChI=1S/C46H31N3/c1-46-28-10-9-16-37(46)34-13-5-6-14-35(34)41-36-15-7-8-17-40(36)49-43(42(41)46)31-20-18-30(19-21-31)39-27-25-33-23-22-32-24-26-38(29-11-3-2-4-12-29)47-44(32)45(33)48-39/h2-28,37H,1H3. The third-order valence-electron chi connectivity index (χ3n) is 10.5. The molecule has 8 aromatic rings. The monoisotopic (exact) mass is 625 g/mol. The molecule has 3 heteroatoms. The van der Waals surface area contributed by atoms with Crippen molar-refractivity contribution in [2.24, 2.45) is 0 Å². The van der Waals surface area contributed by atoms with Gasteiger partial charge in [0, 0.05) is 44.2 Å². The zero-order valence-electron chi connectivity index (χ0n) is 27.0. The molecule has 230 valence electrons. The molecule has 2 atom stereocenters. The number of allylic oxidation sites excluding steroid dienone is 4. The van der Waals surface area contributed by atoms with E-state index in [0.29, 0.717) is 0 Å². The highest BCUT2D eigenvalue weighted by molar-refractivity contribution is 6.05. The summed E-state index contributed by atoms with van der Waals surface area (Å²) in [7, 11) is 0. The summed E-state index contributed by atoms with van der Waals surface area (Å²) in [6.07, 6.45) is 9.12. The van der Waals surface area contributed by atoms with Gasteiger partial charge in [-0.15, -0.1) is 0 Å². The van der Waals surface area contributed by atoms with Crippen LogP contribution in [-0.2, 0) is 5.41 Å². The van der Waals surface area contributed by atoms with E-state index in [-0.39, 0.29) is 11.3 Å². The number of hydrogen-bond acceptors (Lipinski definition) is 3. The second-order valence-electron chi connectivity index (χ2n) is 13.4. The summed E-state index contributed by atoms with van der Waals surface area (Å²) < 4.78 is 0. The Hall–Kier alpha value is -6.19. The second kappa shape index (κ2) is 10.7. The number of rotatable bonds is 3. The van der Waals surface area contributed by atoms with Crippen LogP contribution in [0.1, 0.15) is 24.0 Å². The first-order chi connectivity index (χ1) is 24.2. The van der Waals surface area contributed by atoms with E-state index in [2.05, 4.69) is 153 Å². The van der Waals surface area contributed by atoms with Gasteiger partial charge in [0.2, 0.25) is 0 Å². The van der Waals surface area contributed by atoms with Gasteiger partial charge in [0.25, 0.3) is 0 Å². The van der Waals surface area contributed by atoms with Crippen LogP contribution in [0.15, 0.2) is 164 Å². The molecule has 3 nitrogen and oxygen atoms in total. The molecule has 3 aromatic heterocycles. The van der Waals surface area contributed by atoms with Crippen molar-refractivity contribution in [3.8, 4) is 44.9 Å². The van der Waals surface area contributed by atoms with Crippen LogP contribution in [-0.4, -0.2) is 15.0 Å².